The van der Waals surface area contributed by atoms with Gasteiger partial charge in [0.1, 0.15) is 17.6 Å². The molecule has 3 rings (SSSR count). The van der Waals surface area contributed by atoms with Gasteiger partial charge in [-0.25, -0.2) is 13.2 Å². The van der Waals surface area contributed by atoms with Gasteiger partial charge in [-0.15, -0.1) is 0 Å². The Morgan fingerprint density at radius 1 is 0.804 bits per heavy atom. The predicted octanol–water partition coefficient (Wildman–Crippen LogP) is 9.76. The molecule has 3 aromatic rings. The number of hydrogen-bond donors (Lipinski definition) is 6. The van der Waals surface area contributed by atoms with Crippen molar-refractivity contribution in [2.24, 2.45) is 0 Å². The molecule has 51 heavy (non-hydrogen) atoms. The number of amides is 1. The van der Waals surface area contributed by atoms with Gasteiger partial charge in [0.2, 0.25) is 10.0 Å². The normalized spacial score (nSPS) is 11.8. The van der Waals surface area contributed by atoms with Crippen molar-refractivity contribution < 1.29 is 33.3 Å². The lowest BCUT2D eigenvalue weighted by molar-refractivity contribution is 0.0988. The highest BCUT2D eigenvalue weighted by Gasteiger charge is 2.16. The minimum absolute atomic E-state index is 0.0252. The van der Waals surface area contributed by atoms with Crippen LogP contribution in [0.3, 0.4) is 0 Å². The van der Waals surface area contributed by atoms with Crippen molar-refractivity contribution in [1.82, 2.24) is 5.32 Å². The largest absolute Gasteiger partial charge is 0.506 e. The Hall–Kier alpha value is -3.51. The van der Waals surface area contributed by atoms with E-state index in [1.54, 1.807) is 18.2 Å². The summed E-state index contributed by atoms with van der Waals surface area (Å²) in [6.07, 6.45) is 13.5. The van der Waals surface area contributed by atoms with Crippen LogP contribution in [0.4, 0.5) is 16.2 Å². The number of phenols is 2. The molecule has 6 N–H and O–H groups in total. The molecule has 0 saturated heterocycles. The molecule has 0 aliphatic rings. The van der Waals surface area contributed by atoms with Crippen LogP contribution in [-0.2, 0) is 14.8 Å². The Labute approximate surface area is 310 Å². The van der Waals surface area contributed by atoms with Crippen LogP contribution < -0.4 is 15.4 Å². The van der Waals surface area contributed by atoms with Crippen LogP contribution in [0, 0.1) is 0 Å². The monoisotopic (exact) mass is 747 g/mol. The Bertz CT molecular complexity index is 1570. The SMILES string of the molecule is CCCC(CCC)OC(=O)Nc1ccccc1-c1ccc(O)c(Cl)c1.CCCCCCCCCCNCC(O)c1ccc(O)c(NS(C)(=O)=O)c1. The maximum atomic E-state index is 12.3. The highest BCUT2D eigenvalue weighted by Crippen LogP contribution is 2.33. The van der Waals surface area contributed by atoms with Gasteiger partial charge >= 0.3 is 6.09 Å². The molecule has 0 aliphatic carbocycles. The second-order valence-electron chi connectivity index (χ2n) is 12.8. The smallest absolute Gasteiger partial charge is 0.411 e. The van der Waals surface area contributed by atoms with Crippen molar-refractivity contribution >= 4 is 39.1 Å². The van der Waals surface area contributed by atoms with Crippen molar-refractivity contribution in [3.05, 3.63) is 71.2 Å². The number of aliphatic hydroxyl groups excluding tert-OH is 1. The lowest BCUT2D eigenvalue weighted by Gasteiger charge is -2.18. The fourth-order valence-electron chi connectivity index (χ4n) is 5.50. The number of para-hydroxylation sites is 1. The van der Waals surface area contributed by atoms with E-state index >= 15 is 0 Å². The zero-order chi connectivity index (χ0) is 37.6. The van der Waals surface area contributed by atoms with E-state index < -0.39 is 22.2 Å². The Kier molecular flexibility index (Phi) is 20.4. The second kappa shape index (κ2) is 23.9. The van der Waals surface area contributed by atoms with Crippen LogP contribution in [-0.4, -0.2) is 55.3 Å². The topological polar surface area (TPSA) is 157 Å². The molecule has 3 aromatic carbocycles. The highest BCUT2D eigenvalue weighted by atomic mass is 35.5. The summed E-state index contributed by atoms with van der Waals surface area (Å²) in [7, 11) is -3.49. The number of aromatic hydroxyl groups is 2. The summed E-state index contributed by atoms with van der Waals surface area (Å²) < 4.78 is 30.4. The molecular weight excluding hydrogens is 690 g/mol. The van der Waals surface area contributed by atoms with E-state index in [4.69, 9.17) is 16.3 Å². The summed E-state index contributed by atoms with van der Waals surface area (Å²) in [4.78, 5) is 12.3. The molecule has 1 atom stereocenters. The third-order valence-electron chi connectivity index (χ3n) is 8.16. The van der Waals surface area contributed by atoms with E-state index in [1.807, 2.05) is 24.3 Å². The predicted molar refractivity (Wildman–Crippen MR) is 209 cm³/mol. The van der Waals surface area contributed by atoms with Crippen molar-refractivity contribution in [3.63, 3.8) is 0 Å². The number of nitrogens with one attached hydrogen (secondary N) is 3. The van der Waals surface area contributed by atoms with E-state index in [2.05, 4.69) is 36.1 Å². The van der Waals surface area contributed by atoms with Crippen LogP contribution >= 0.6 is 11.6 Å². The summed E-state index contributed by atoms with van der Waals surface area (Å²) in [5.74, 6) is -0.143. The number of carbonyl (C=O) groups excluding carboxylic acids is 1. The number of rotatable bonds is 21. The van der Waals surface area contributed by atoms with E-state index in [0.29, 0.717) is 17.8 Å². The summed E-state index contributed by atoms with van der Waals surface area (Å²) in [6, 6.07) is 16.8. The first kappa shape index (κ1) is 43.7. The summed E-state index contributed by atoms with van der Waals surface area (Å²) in [5, 5.41) is 35.9. The summed E-state index contributed by atoms with van der Waals surface area (Å²) in [6.45, 7) is 7.61. The fraction of sp³-hybridized carbons (Fsp3) is 0.513. The first-order valence-corrected chi connectivity index (χ1v) is 20.4. The summed E-state index contributed by atoms with van der Waals surface area (Å²) >= 11 is 6.00. The van der Waals surface area contributed by atoms with Crippen LogP contribution in [0.1, 0.15) is 109 Å². The number of benzene rings is 3. The maximum Gasteiger partial charge on any atom is 0.411 e. The molecule has 10 nitrogen and oxygen atoms in total. The average molecular weight is 748 g/mol. The molecule has 12 heteroatoms. The van der Waals surface area contributed by atoms with Crippen LogP contribution in [0.15, 0.2) is 60.7 Å². The van der Waals surface area contributed by atoms with Gasteiger partial charge in [-0.2, -0.15) is 0 Å². The molecule has 1 amide bonds. The Balaban J connectivity index is 0.000000354. The molecule has 284 valence electrons. The van der Waals surface area contributed by atoms with Crippen LogP contribution in [0.5, 0.6) is 11.5 Å². The van der Waals surface area contributed by atoms with Gasteiger partial charge < -0.3 is 25.4 Å². The van der Waals surface area contributed by atoms with Gasteiger partial charge in [0.25, 0.3) is 0 Å². The quantitative estimate of drug-likeness (QED) is 0.0465. The molecule has 0 saturated carbocycles. The minimum Gasteiger partial charge on any atom is -0.506 e. The number of ether oxygens (including phenoxy) is 1. The molecule has 1 unspecified atom stereocenters. The standard InChI is InChI=1S/C20H24ClNO3.C19H34N2O4S/c1-3-7-15(8-4-2)25-20(24)22-18-10-6-5-9-16(18)14-11-12-19(23)17(21)13-14;1-3-4-5-6-7-8-9-10-13-20-15-19(23)16-11-12-18(22)17(14-16)21-26(2,24)25/h5-6,9-13,15,23H,3-4,7-8H2,1-2H3,(H,22,24);11-12,14,19-23H,3-10,13,15H2,1-2H3. The Morgan fingerprint density at radius 3 is 2.06 bits per heavy atom. The number of carbonyl (C=O) groups is 1. The van der Waals surface area contributed by atoms with Crippen LogP contribution in [0.2, 0.25) is 5.02 Å². The number of phenolic OH excluding ortho intramolecular Hbond substituents is 2. The number of halogens is 1. The molecule has 0 aromatic heterocycles. The van der Waals surface area contributed by atoms with Gasteiger partial charge in [0.15, 0.2) is 0 Å². The number of aliphatic hydroxyl groups is 1. The van der Waals surface area contributed by atoms with Crippen molar-refractivity contribution in [3.8, 4) is 22.6 Å². The minimum atomic E-state index is -3.49. The van der Waals surface area contributed by atoms with Crippen molar-refractivity contribution in [1.29, 1.82) is 0 Å². The van der Waals surface area contributed by atoms with Crippen LogP contribution in [0.25, 0.3) is 11.1 Å². The molecule has 0 heterocycles. The van der Waals surface area contributed by atoms with E-state index in [1.165, 1.54) is 63.1 Å². The number of anilines is 2. The third kappa shape index (κ3) is 17.5. The van der Waals surface area contributed by atoms with Gasteiger partial charge in [0.05, 0.1) is 28.8 Å². The van der Waals surface area contributed by atoms with E-state index in [9.17, 15) is 28.5 Å². The lowest BCUT2D eigenvalue weighted by atomic mass is 10.0. The fourth-order valence-corrected chi connectivity index (χ4v) is 6.24. The van der Waals surface area contributed by atoms with Crippen molar-refractivity contribution in [2.75, 3.05) is 29.4 Å². The summed E-state index contributed by atoms with van der Waals surface area (Å²) in [5.41, 5.74) is 2.88. The molecular formula is C39H58ClN3O7S. The zero-order valence-electron chi connectivity index (χ0n) is 30.6. The second-order valence-corrected chi connectivity index (χ2v) is 14.9. The average Bonchev–Trinajstić information content (AvgIpc) is 3.08. The van der Waals surface area contributed by atoms with E-state index in [-0.39, 0.29) is 28.3 Å². The van der Waals surface area contributed by atoms with Gasteiger partial charge in [-0.05, 0) is 67.3 Å². The number of sulfonamides is 1. The molecule has 0 spiro atoms. The van der Waals surface area contributed by atoms with Gasteiger partial charge in [-0.3, -0.25) is 10.0 Å². The maximum absolute atomic E-state index is 12.3. The van der Waals surface area contributed by atoms with Crippen molar-refractivity contribution in [2.45, 2.75) is 110 Å². The van der Waals surface area contributed by atoms with E-state index in [0.717, 1.165) is 56.0 Å². The molecule has 0 bridgehead atoms. The lowest BCUT2D eigenvalue weighted by Crippen LogP contribution is -2.22. The highest BCUT2D eigenvalue weighted by molar-refractivity contribution is 7.92. The molecule has 0 fully saturated rings. The first-order chi connectivity index (χ1) is 24.4. The molecule has 0 radical (unpaired) electrons. The van der Waals surface area contributed by atoms with Gasteiger partial charge in [0, 0.05) is 12.1 Å². The number of hydrogen-bond acceptors (Lipinski definition) is 8. The molecule has 0 aliphatic heterocycles. The third-order valence-corrected chi connectivity index (χ3v) is 9.06. The first-order valence-electron chi connectivity index (χ1n) is 18.1. The van der Waals surface area contributed by atoms with Gasteiger partial charge in [-0.1, -0.05) is 120 Å². The number of unbranched alkanes of at least 4 members (excludes halogenated alkanes) is 7. The zero-order valence-corrected chi connectivity index (χ0v) is 32.2. The Morgan fingerprint density at radius 2 is 1.43 bits per heavy atom.